The van der Waals surface area contributed by atoms with Crippen molar-refractivity contribution < 1.29 is 0 Å². The van der Waals surface area contributed by atoms with Crippen LogP contribution in [0.2, 0.25) is 0 Å². The molecule has 1 aliphatic rings. The van der Waals surface area contributed by atoms with Crippen LogP contribution in [0.5, 0.6) is 0 Å². The molecule has 1 atom stereocenters. The average molecular weight is 203 g/mol. The lowest BCUT2D eigenvalue weighted by molar-refractivity contribution is 0.348. The Morgan fingerprint density at radius 1 is 1.33 bits per heavy atom. The van der Waals surface area contributed by atoms with Crippen LogP contribution in [0, 0.1) is 12.3 Å². The summed E-state index contributed by atoms with van der Waals surface area (Å²) < 4.78 is 0. The first kappa shape index (κ1) is 10.5. The van der Waals surface area contributed by atoms with Gasteiger partial charge in [0.2, 0.25) is 0 Å². The molecule has 82 valence electrons. The number of anilines is 1. The first-order chi connectivity index (χ1) is 6.96. The Labute approximate surface area is 92.9 Å². The van der Waals surface area contributed by atoms with Gasteiger partial charge < -0.3 is 5.32 Å². The molecule has 1 aromatic rings. The van der Waals surface area contributed by atoms with E-state index in [1.165, 1.54) is 23.2 Å². The fourth-order valence-corrected chi connectivity index (χ4v) is 2.45. The average Bonchev–Trinajstić information content (AvgIpc) is 2.46. The number of hydrogen-bond donors (Lipinski definition) is 1. The molecular weight excluding hydrogens is 182 g/mol. The molecule has 1 unspecified atom stereocenters. The van der Waals surface area contributed by atoms with Crippen LogP contribution >= 0.6 is 0 Å². The Bertz CT molecular complexity index is 360. The molecule has 0 fully saturated rings. The molecule has 1 N–H and O–H groups in total. The summed E-state index contributed by atoms with van der Waals surface area (Å²) in [5.74, 6) is 0.694. The highest BCUT2D eigenvalue weighted by Crippen LogP contribution is 2.39. The fourth-order valence-electron chi connectivity index (χ4n) is 2.45. The first-order valence-electron chi connectivity index (χ1n) is 5.80. The van der Waals surface area contributed by atoms with Gasteiger partial charge in [0.05, 0.1) is 0 Å². The van der Waals surface area contributed by atoms with E-state index in [-0.39, 0.29) is 0 Å². The standard InChI is InChI=1S/C14H21N/c1-10-5-6-13-12(7-10)11(9-15-13)8-14(2,3)4/h5-7,11,15H,8-9H2,1-4H3. The Morgan fingerprint density at radius 2 is 2.07 bits per heavy atom. The van der Waals surface area contributed by atoms with Gasteiger partial charge >= 0.3 is 0 Å². The van der Waals surface area contributed by atoms with Gasteiger partial charge in [0, 0.05) is 18.2 Å². The molecule has 0 spiro atoms. The van der Waals surface area contributed by atoms with Gasteiger partial charge in [-0.25, -0.2) is 0 Å². The van der Waals surface area contributed by atoms with Crippen LogP contribution in [0.4, 0.5) is 5.69 Å². The van der Waals surface area contributed by atoms with E-state index in [1.54, 1.807) is 0 Å². The van der Waals surface area contributed by atoms with Crippen LogP contribution in [0.25, 0.3) is 0 Å². The van der Waals surface area contributed by atoms with Gasteiger partial charge in [0.15, 0.2) is 0 Å². The Morgan fingerprint density at radius 3 is 2.73 bits per heavy atom. The van der Waals surface area contributed by atoms with Crippen molar-refractivity contribution in [3.05, 3.63) is 29.3 Å². The summed E-state index contributed by atoms with van der Waals surface area (Å²) in [6.07, 6.45) is 1.26. The number of hydrogen-bond acceptors (Lipinski definition) is 1. The highest BCUT2D eigenvalue weighted by Gasteiger charge is 2.26. The summed E-state index contributed by atoms with van der Waals surface area (Å²) in [4.78, 5) is 0. The predicted molar refractivity (Wildman–Crippen MR) is 66.5 cm³/mol. The number of benzene rings is 1. The molecule has 0 bridgehead atoms. The second-order valence-corrected chi connectivity index (χ2v) is 5.93. The summed E-state index contributed by atoms with van der Waals surface area (Å²) in [7, 11) is 0. The lowest BCUT2D eigenvalue weighted by Crippen LogP contribution is -2.13. The molecule has 0 radical (unpaired) electrons. The number of fused-ring (bicyclic) bond motifs is 1. The Balaban J connectivity index is 2.24. The third kappa shape index (κ3) is 2.34. The summed E-state index contributed by atoms with van der Waals surface area (Å²) in [5.41, 5.74) is 4.65. The molecule has 1 nitrogen and oxygen atoms in total. The summed E-state index contributed by atoms with van der Waals surface area (Å²) >= 11 is 0. The largest absolute Gasteiger partial charge is 0.384 e. The Hall–Kier alpha value is -0.980. The third-order valence-corrected chi connectivity index (χ3v) is 3.04. The van der Waals surface area contributed by atoms with Crippen molar-refractivity contribution in [3.63, 3.8) is 0 Å². The van der Waals surface area contributed by atoms with E-state index in [4.69, 9.17) is 0 Å². The zero-order chi connectivity index (χ0) is 11.1. The van der Waals surface area contributed by atoms with Crippen molar-refractivity contribution in [2.75, 3.05) is 11.9 Å². The highest BCUT2D eigenvalue weighted by molar-refractivity contribution is 5.58. The van der Waals surface area contributed by atoms with Gasteiger partial charge in [-0.2, -0.15) is 0 Å². The first-order valence-corrected chi connectivity index (χ1v) is 5.80. The van der Waals surface area contributed by atoms with E-state index in [2.05, 4.69) is 51.2 Å². The van der Waals surface area contributed by atoms with Crippen LogP contribution in [0.15, 0.2) is 18.2 Å². The minimum Gasteiger partial charge on any atom is -0.384 e. The number of rotatable bonds is 1. The van der Waals surface area contributed by atoms with Gasteiger partial charge in [0.25, 0.3) is 0 Å². The highest BCUT2D eigenvalue weighted by atomic mass is 14.9. The smallest absolute Gasteiger partial charge is 0.0376 e. The quantitative estimate of drug-likeness (QED) is 0.729. The molecule has 0 saturated heterocycles. The lowest BCUT2D eigenvalue weighted by atomic mass is 9.82. The van der Waals surface area contributed by atoms with E-state index in [0.717, 1.165) is 6.54 Å². The van der Waals surface area contributed by atoms with Crippen molar-refractivity contribution >= 4 is 5.69 Å². The van der Waals surface area contributed by atoms with Crippen LogP contribution in [-0.4, -0.2) is 6.54 Å². The fraction of sp³-hybridized carbons (Fsp3) is 0.571. The molecule has 0 aromatic heterocycles. The van der Waals surface area contributed by atoms with Gasteiger partial charge in [-0.15, -0.1) is 0 Å². The van der Waals surface area contributed by atoms with Crippen molar-refractivity contribution in [2.24, 2.45) is 5.41 Å². The van der Waals surface area contributed by atoms with Crippen LogP contribution in [0.3, 0.4) is 0 Å². The lowest BCUT2D eigenvalue weighted by Gasteiger charge is -2.22. The summed E-state index contributed by atoms with van der Waals surface area (Å²) in [6.45, 7) is 10.2. The van der Waals surface area contributed by atoms with Crippen LogP contribution < -0.4 is 5.32 Å². The predicted octanol–water partition coefficient (Wildman–Crippen LogP) is 3.94. The monoisotopic (exact) mass is 203 g/mol. The molecule has 15 heavy (non-hydrogen) atoms. The molecule has 1 heterocycles. The summed E-state index contributed by atoms with van der Waals surface area (Å²) in [6, 6.07) is 6.74. The topological polar surface area (TPSA) is 12.0 Å². The van der Waals surface area contributed by atoms with Crippen molar-refractivity contribution in [2.45, 2.75) is 40.0 Å². The van der Waals surface area contributed by atoms with E-state index < -0.39 is 0 Å². The zero-order valence-electron chi connectivity index (χ0n) is 10.2. The van der Waals surface area contributed by atoms with Gasteiger partial charge in [0.1, 0.15) is 0 Å². The summed E-state index contributed by atoms with van der Waals surface area (Å²) in [5, 5.41) is 3.50. The van der Waals surface area contributed by atoms with E-state index in [1.807, 2.05) is 0 Å². The van der Waals surface area contributed by atoms with Crippen LogP contribution in [0.1, 0.15) is 44.2 Å². The van der Waals surface area contributed by atoms with Crippen molar-refractivity contribution in [3.8, 4) is 0 Å². The second kappa shape index (κ2) is 3.55. The van der Waals surface area contributed by atoms with Gasteiger partial charge in [-0.05, 0) is 30.4 Å². The molecule has 1 heteroatoms. The van der Waals surface area contributed by atoms with E-state index >= 15 is 0 Å². The molecule has 1 aromatic carbocycles. The van der Waals surface area contributed by atoms with Gasteiger partial charge in [-0.3, -0.25) is 0 Å². The molecule has 0 amide bonds. The molecule has 0 aliphatic carbocycles. The normalized spacial score (nSPS) is 19.9. The molecule has 2 rings (SSSR count). The minimum atomic E-state index is 0.414. The van der Waals surface area contributed by atoms with Crippen LogP contribution in [-0.2, 0) is 0 Å². The van der Waals surface area contributed by atoms with E-state index in [0.29, 0.717) is 11.3 Å². The zero-order valence-corrected chi connectivity index (χ0v) is 10.2. The second-order valence-electron chi connectivity index (χ2n) is 5.93. The molecular formula is C14H21N. The van der Waals surface area contributed by atoms with E-state index in [9.17, 15) is 0 Å². The Kier molecular flexibility index (Phi) is 2.49. The maximum Gasteiger partial charge on any atom is 0.0376 e. The molecule has 1 aliphatic heterocycles. The number of nitrogens with one attached hydrogen (secondary N) is 1. The van der Waals surface area contributed by atoms with Gasteiger partial charge in [-0.1, -0.05) is 38.5 Å². The SMILES string of the molecule is Cc1ccc2c(c1)C(CC(C)(C)C)CN2. The third-order valence-electron chi connectivity index (χ3n) is 3.04. The minimum absolute atomic E-state index is 0.414. The maximum absolute atomic E-state index is 3.50. The number of aryl methyl sites for hydroxylation is 1. The molecule has 0 saturated carbocycles. The van der Waals surface area contributed by atoms with Crippen molar-refractivity contribution in [1.82, 2.24) is 0 Å². The van der Waals surface area contributed by atoms with Crippen molar-refractivity contribution in [1.29, 1.82) is 0 Å². The maximum atomic E-state index is 3.50.